The highest BCUT2D eigenvalue weighted by molar-refractivity contribution is 7.80. The number of hydrogen-bond donors (Lipinski definition) is 2. The van der Waals surface area contributed by atoms with Gasteiger partial charge in [-0.05, 0) is 42.3 Å². The summed E-state index contributed by atoms with van der Waals surface area (Å²) in [6, 6.07) is 20.7. The molecule has 0 radical (unpaired) electrons. The van der Waals surface area contributed by atoms with Crippen molar-refractivity contribution in [2.24, 2.45) is 0 Å². The lowest BCUT2D eigenvalue weighted by molar-refractivity contribution is 0.0601. The maximum Gasteiger partial charge on any atom is 0.348 e. The molecule has 0 saturated heterocycles. The van der Waals surface area contributed by atoms with Gasteiger partial charge in [-0.3, -0.25) is 0 Å². The van der Waals surface area contributed by atoms with Crippen molar-refractivity contribution >= 4 is 45.6 Å². The van der Waals surface area contributed by atoms with Crippen molar-refractivity contribution in [1.82, 2.24) is 5.32 Å². The molecule has 0 spiro atoms. The van der Waals surface area contributed by atoms with Gasteiger partial charge in [-0.2, -0.15) is 0 Å². The van der Waals surface area contributed by atoms with E-state index in [0.29, 0.717) is 27.1 Å². The molecule has 3 rings (SSSR count). The standard InChI is InChI=1S/C25H26N2O4S2/c1-16-20(23(28)30-2)22(33-21(16)24(29)31-3)27-25(32)26-15-14-19(17-10-6-4-7-11-17)18-12-8-5-9-13-18/h4-13,19H,14-15H2,1-3H3,(H2,26,27,32). The van der Waals surface area contributed by atoms with Crippen LogP contribution in [0.5, 0.6) is 0 Å². The summed E-state index contributed by atoms with van der Waals surface area (Å²) in [6.45, 7) is 2.29. The van der Waals surface area contributed by atoms with Gasteiger partial charge < -0.3 is 20.1 Å². The van der Waals surface area contributed by atoms with Crippen molar-refractivity contribution in [2.45, 2.75) is 19.3 Å². The average Bonchev–Trinajstić information content (AvgIpc) is 3.17. The Bertz CT molecular complexity index is 1070. The lowest BCUT2D eigenvalue weighted by atomic mass is 9.88. The SMILES string of the molecule is COC(=O)c1sc(NC(=S)NCCC(c2ccccc2)c2ccccc2)c(C(=O)OC)c1C. The number of hydrogen-bond acceptors (Lipinski definition) is 6. The molecular formula is C25H26N2O4S2. The number of thiophene rings is 1. The number of ether oxygens (including phenoxy) is 2. The number of esters is 2. The molecule has 0 fully saturated rings. The first-order valence-electron chi connectivity index (χ1n) is 10.4. The van der Waals surface area contributed by atoms with Gasteiger partial charge in [0.25, 0.3) is 0 Å². The van der Waals surface area contributed by atoms with Gasteiger partial charge in [-0.15, -0.1) is 11.3 Å². The first-order valence-corrected chi connectivity index (χ1v) is 11.6. The fourth-order valence-corrected chi connectivity index (χ4v) is 5.00. The van der Waals surface area contributed by atoms with Crippen LogP contribution in [-0.2, 0) is 9.47 Å². The summed E-state index contributed by atoms with van der Waals surface area (Å²) in [5, 5.41) is 7.07. The Morgan fingerprint density at radius 3 is 2.00 bits per heavy atom. The van der Waals surface area contributed by atoms with Crippen LogP contribution in [0, 0.1) is 6.92 Å². The smallest absolute Gasteiger partial charge is 0.348 e. The molecule has 0 amide bonds. The highest BCUT2D eigenvalue weighted by atomic mass is 32.1. The van der Waals surface area contributed by atoms with E-state index in [1.807, 2.05) is 36.4 Å². The number of anilines is 1. The predicted octanol–water partition coefficient (Wildman–Crippen LogP) is 5.14. The van der Waals surface area contributed by atoms with Crippen molar-refractivity contribution in [1.29, 1.82) is 0 Å². The molecule has 0 aliphatic carbocycles. The number of rotatable bonds is 8. The van der Waals surface area contributed by atoms with E-state index in [9.17, 15) is 9.59 Å². The number of benzene rings is 2. The minimum absolute atomic E-state index is 0.211. The fourth-order valence-electron chi connectivity index (χ4n) is 3.61. The number of carbonyl (C=O) groups is 2. The van der Waals surface area contributed by atoms with Crippen LogP contribution in [0.25, 0.3) is 0 Å². The Hall–Kier alpha value is -3.23. The second-order valence-electron chi connectivity index (χ2n) is 7.29. The molecule has 0 aliphatic rings. The van der Waals surface area contributed by atoms with Gasteiger partial charge in [0.1, 0.15) is 9.88 Å². The quantitative estimate of drug-likeness (QED) is 0.340. The zero-order chi connectivity index (χ0) is 23.8. The van der Waals surface area contributed by atoms with E-state index in [2.05, 4.69) is 34.9 Å². The van der Waals surface area contributed by atoms with Crippen LogP contribution in [-0.4, -0.2) is 37.8 Å². The molecule has 0 atom stereocenters. The van der Waals surface area contributed by atoms with Crippen molar-refractivity contribution in [2.75, 3.05) is 26.1 Å². The van der Waals surface area contributed by atoms with Gasteiger partial charge >= 0.3 is 11.9 Å². The first kappa shape index (κ1) is 24.4. The van der Waals surface area contributed by atoms with Gasteiger partial charge in [0, 0.05) is 12.5 Å². The van der Waals surface area contributed by atoms with Crippen LogP contribution in [0.4, 0.5) is 5.00 Å². The summed E-state index contributed by atoms with van der Waals surface area (Å²) in [7, 11) is 2.60. The molecule has 2 N–H and O–H groups in total. The average molecular weight is 483 g/mol. The molecule has 2 aromatic carbocycles. The lowest BCUT2D eigenvalue weighted by Crippen LogP contribution is -2.30. The largest absolute Gasteiger partial charge is 0.465 e. The Kier molecular flexibility index (Phi) is 8.57. The summed E-state index contributed by atoms with van der Waals surface area (Å²) < 4.78 is 9.71. The van der Waals surface area contributed by atoms with E-state index < -0.39 is 11.9 Å². The van der Waals surface area contributed by atoms with E-state index >= 15 is 0 Å². The third-order valence-electron chi connectivity index (χ3n) is 5.26. The van der Waals surface area contributed by atoms with Crippen molar-refractivity contribution in [3.63, 3.8) is 0 Å². The van der Waals surface area contributed by atoms with E-state index in [1.54, 1.807) is 6.92 Å². The van der Waals surface area contributed by atoms with Crippen LogP contribution in [0.1, 0.15) is 49.1 Å². The second-order valence-corrected chi connectivity index (χ2v) is 8.72. The van der Waals surface area contributed by atoms with Crippen LogP contribution >= 0.6 is 23.6 Å². The molecular weight excluding hydrogens is 456 g/mol. The molecule has 1 heterocycles. The van der Waals surface area contributed by atoms with Crippen molar-refractivity contribution in [3.8, 4) is 0 Å². The van der Waals surface area contributed by atoms with Crippen LogP contribution in [0.3, 0.4) is 0 Å². The fraction of sp³-hybridized carbons (Fsp3) is 0.240. The molecule has 0 unspecified atom stereocenters. The van der Waals surface area contributed by atoms with E-state index in [4.69, 9.17) is 21.7 Å². The van der Waals surface area contributed by atoms with Gasteiger partial charge in [-0.25, -0.2) is 9.59 Å². The summed E-state index contributed by atoms with van der Waals surface area (Å²) in [5.74, 6) is -0.844. The van der Waals surface area contributed by atoms with E-state index in [-0.39, 0.29) is 11.5 Å². The summed E-state index contributed by atoms with van der Waals surface area (Å²) in [6.07, 6.45) is 0.816. The van der Waals surface area contributed by atoms with Crippen LogP contribution < -0.4 is 10.6 Å². The number of carbonyl (C=O) groups excluding carboxylic acids is 2. The third-order valence-corrected chi connectivity index (χ3v) is 6.69. The Morgan fingerprint density at radius 1 is 0.939 bits per heavy atom. The summed E-state index contributed by atoms with van der Waals surface area (Å²) in [5.41, 5.74) is 3.23. The first-order chi connectivity index (χ1) is 16.0. The third kappa shape index (κ3) is 5.97. The molecule has 33 heavy (non-hydrogen) atoms. The molecule has 172 valence electrons. The molecule has 0 saturated carbocycles. The highest BCUT2D eigenvalue weighted by Gasteiger charge is 2.26. The Labute approximate surface area is 202 Å². The molecule has 1 aromatic heterocycles. The molecule has 3 aromatic rings. The highest BCUT2D eigenvalue weighted by Crippen LogP contribution is 2.34. The van der Waals surface area contributed by atoms with Crippen LogP contribution in [0.2, 0.25) is 0 Å². The van der Waals surface area contributed by atoms with E-state index in [1.165, 1.54) is 25.3 Å². The molecule has 0 aliphatic heterocycles. The summed E-state index contributed by atoms with van der Waals surface area (Å²) >= 11 is 6.58. The summed E-state index contributed by atoms with van der Waals surface area (Å²) in [4.78, 5) is 24.7. The van der Waals surface area contributed by atoms with Gasteiger partial charge in [-0.1, -0.05) is 60.7 Å². The zero-order valence-corrected chi connectivity index (χ0v) is 20.3. The van der Waals surface area contributed by atoms with Gasteiger partial charge in [0.05, 0.1) is 19.8 Å². The normalized spacial score (nSPS) is 10.5. The van der Waals surface area contributed by atoms with Crippen molar-refractivity contribution < 1.29 is 19.1 Å². The minimum atomic E-state index is -0.544. The topological polar surface area (TPSA) is 76.7 Å². The van der Waals surface area contributed by atoms with Gasteiger partial charge in [0.15, 0.2) is 5.11 Å². The molecule has 6 nitrogen and oxygen atoms in total. The second kappa shape index (κ2) is 11.6. The predicted molar refractivity (Wildman–Crippen MR) is 135 cm³/mol. The minimum Gasteiger partial charge on any atom is -0.465 e. The maximum atomic E-state index is 12.3. The Balaban J connectivity index is 1.71. The van der Waals surface area contributed by atoms with Crippen LogP contribution in [0.15, 0.2) is 60.7 Å². The zero-order valence-electron chi connectivity index (χ0n) is 18.7. The van der Waals surface area contributed by atoms with Gasteiger partial charge in [0.2, 0.25) is 0 Å². The number of methoxy groups -OCH3 is 2. The van der Waals surface area contributed by atoms with E-state index in [0.717, 1.165) is 17.8 Å². The molecule has 0 bridgehead atoms. The maximum absolute atomic E-state index is 12.3. The van der Waals surface area contributed by atoms with Crippen molar-refractivity contribution in [3.05, 3.63) is 87.8 Å². The Morgan fingerprint density at radius 2 is 1.48 bits per heavy atom. The monoisotopic (exact) mass is 482 g/mol. The number of nitrogens with one attached hydrogen (secondary N) is 2. The number of thiocarbonyl (C=S) groups is 1. The molecule has 8 heteroatoms. The lowest BCUT2D eigenvalue weighted by Gasteiger charge is -2.19.